The Morgan fingerprint density at radius 1 is 1.07 bits per heavy atom. The molecule has 1 N–H and O–H groups in total. The molecular formula is C9H16O5. The number of carbonyl (C=O) groups is 2. The Bertz CT molecular complexity index is 193. The van der Waals surface area contributed by atoms with Crippen LogP contribution in [0.15, 0.2) is 0 Å². The van der Waals surface area contributed by atoms with Gasteiger partial charge in [0.05, 0.1) is 6.42 Å². The molecule has 0 atom stereocenters. The SMILES string of the molecule is CCC(=O)OC(O)(CC)OC(=O)CC. The molecule has 0 unspecified atom stereocenters. The van der Waals surface area contributed by atoms with Crippen LogP contribution in [0.3, 0.4) is 0 Å². The maximum Gasteiger partial charge on any atom is 0.372 e. The number of esters is 2. The van der Waals surface area contributed by atoms with Gasteiger partial charge in [-0.15, -0.1) is 0 Å². The normalized spacial score (nSPS) is 10.9. The van der Waals surface area contributed by atoms with Crippen molar-refractivity contribution >= 4 is 11.9 Å². The third kappa shape index (κ3) is 4.23. The second-order valence-electron chi connectivity index (χ2n) is 2.72. The van der Waals surface area contributed by atoms with Gasteiger partial charge in [-0.1, -0.05) is 20.8 Å². The number of hydrogen-bond donors (Lipinski definition) is 1. The van der Waals surface area contributed by atoms with Gasteiger partial charge in [-0.25, -0.2) is 0 Å². The minimum Gasteiger partial charge on any atom is -0.398 e. The van der Waals surface area contributed by atoms with Gasteiger partial charge in [0.2, 0.25) is 0 Å². The lowest BCUT2D eigenvalue weighted by atomic mass is 10.4. The van der Waals surface area contributed by atoms with E-state index in [2.05, 4.69) is 9.47 Å². The van der Waals surface area contributed by atoms with Gasteiger partial charge in [-0.2, -0.15) is 0 Å². The number of hydrogen-bond acceptors (Lipinski definition) is 5. The van der Waals surface area contributed by atoms with Crippen molar-refractivity contribution in [2.45, 2.75) is 46.0 Å². The third-order valence-electron chi connectivity index (χ3n) is 1.57. The summed E-state index contributed by atoms with van der Waals surface area (Å²) in [5.41, 5.74) is 0. The summed E-state index contributed by atoms with van der Waals surface area (Å²) in [5, 5.41) is 9.54. The van der Waals surface area contributed by atoms with Crippen molar-refractivity contribution in [3.8, 4) is 0 Å². The quantitative estimate of drug-likeness (QED) is 0.533. The molecule has 0 amide bonds. The number of aliphatic hydroxyl groups is 1. The zero-order valence-electron chi connectivity index (χ0n) is 8.70. The zero-order chi connectivity index (χ0) is 11.2. The topological polar surface area (TPSA) is 72.8 Å². The van der Waals surface area contributed by atoms with Crippen LogP contribution in [0, 0.1) is 0 Å². The number of carbonyl (C=O) groups excluding carboxylic acids is 2. The van der Waals surface area contributed by atoms with Crippen LogP contribution in [0.1, 0.15) is 40.0 Å². The largest absolute Gasteiger partial charge is 0.398 e. The monoisotopic (exact) mass is 204 g/mol. The van der Waals surface area contributed by atoms with E-state index in [0.29, 0.717) is 0 Å². The molecular weight excluding hydrogens is 188 g/mol. The van der Waals surface area contributed by atoms with Gasteiger partial charge in [0.15, 0.2) is 0 Å². The minimum absolute atomic E-state index is 0.00444. The maximum atomic E-state index is 10.9. The molecule has 0 aromatic heterocycles. The van der Waals surface area contributed by atoms with Crippen molar-refractivity contribution in [2.24, 2.45) is 0 Å². The van der Waals surface area contributed by atoms with Gasteiger partial charge in [0, 0.05) is 12.8 Å². The first kappa shape index (κ1) is 12.9. The van der Waals surface area contributed by atoms with Crippen LogP contribution < -0.4 is 0 Å². The predicted octanol–water partition coefficient (Wildman–Crippen LogP) is 0.949. The Morgan fingerprint density at radius 3 is 1.64 bits per heavy atom. The molecule has 82 valence electrons. The summed E-state index contributed by atoms with van der Waals surface area (Å²) in [6, 6.07) is 0. The molecule has 0 aromatic rings. The first-order chi connectivity index (χ1) is 6.47. The molecule has 5 nitrogen and oxygen atoms in total. The van der Waals surface area contributed by atoms with Crippen LogP contribution in [0.25, 0.3) is 0 Å². The van der Waals surface area contributed by atoms with Crippen LogP contribution in [-0.2, 0) is 19.1 Å². The highest BCUT2D eigenvalue weighted by molar-refractivity contribution is 5.71. The summed E-state index contributed by atoms with van der Waals surface area (Å²) in [4.78, 5) is 21.8. The minimum atomic E-state index is -2.11. The highest BCUT2D eigenvalue weighted by atomic mass is 16.8. The molecule has 5 heteroatoms. The summed E-state index contributed by atoms with van der Waals surface area (Å²) < 4.78 is 9.16. The molecule has 0 saturated heterocycles. The van der Waals surface area contributed by atoms with Crippen molar-refractivity contribution in [1.82, 2.24) is 0 Å². The van der Waals surface area contributed by atoms with Gasteiger partial charge in [-0.05, 0) is 0 Å². The van der Waals surface area contributed by atoms with Crippen molar-refractivity contribution in [1.29, 1.82) is 0 Å². The fraction of sp³-hybridized carbons (Fsp3) is 0.778. The van der Waals surface area contributed by atoms with Crippen LogP contribution in [-0.4, -0.2) is 23.0 Å². The Hall–Kier alpha value is -1.10. The van der Waals surface area contributed by atoms with Crippen molar-refractivity contribution < 1.29 is 24.2 Å². The first-order valence-electron chi connectivity index (χ1n) is 4.63. The molecule has 14 heavy (non-hydrogen) atoms. The smallest absolute Gasteiger partial charge is 0.372 e. The first-order valence-corrected chi connectivity index (χ1v) is 4.63. The lowest BCUT2D eigenvalue weighted by molar-refractivity contribution is -0.325. The Kier molecular flexibility index (Phi) is 5.15. The van der Waals surface area contributed by atoms with E-state index in [1.165, 1.54) is 0 Å². The van der Waals surface area contributed by atoms with E-state index in [1.807, 2.05) is 0 Å². The summed E-state index contributed by atoms with van der Waals surface area (Å²) in [7, 11) is 0. The lowest BCUT2D eigenvalue weighted by Gasteiger charge is -2.25. The van der Waals surface area contributed by atoms with E-state index in [9.17, 15) is 14.7 Å². The zero-order valence-corrected chi connectivity index (χ0v) is 8.70. The van der Waals surface area contributed by atoms with Crippen molar-refractivity contribution in [2.75, 3.05) is 0 Å². The highest BCUT2D eigenvalue weighted by Gasteiger charge is 2.33. The molecule has 0 aliphatic rings. The van der Waals surface area contributed by atoms with Crippen LogP contribution in [0.4, 0.5) is 0 Å². The molecule has 0 bridgehead atoms. The summed E-state index contributed by atoms with van der Waals surface area (Å²) >= 11 is 0. The van der Waals surface area contributed by atoms with Crippen LogP contribution in [0.5, 0.6) is 0 Å². The molecule has 0 fully saturated rings. The fourth-order valence-electron chi connectivity index (χ4n) is 0.665. The molecule has 0 heterocycles. The standard InChI is InChI=1S/C9H16O5/c1-4-7(10)13-9(12,6-3)14-8(11)5-2/h12H,4-6H2,1-3H3. The van der Waals surface area contributed by atoms with Gasteiger partial charge in [0.1, 0.15) is 0 Å². The molecule has 0 aromatic carbocycles. The van der Waals surface area contributed by atoms with Gasteiger partial charge in [0.25, 0.3) is 0 Å². The Morgan fingerprint density at radius 2 is 1.43 bits per heavy atom. The molecule has 0 radical (unpaired) electrons. The van der Waals surface area contributed by atoms with Gasteiger partial charge < -0.3 is 14.6 Å². The summed E-state index contributed by atoms with van der Waals surface area (Å²) in [5.74, 6) is -3.34. The highest BCUT2D eigenvalue weighted by Crippen LogP contribution is 2.15. The van der Waals surface area contributed by atoms with Crippen LogP contribution in [0.2, 0.25) is 0 Å². The third-order valence-corrected chi connectivity index (χ3v) is 1.57. The van der Waals surface area contributed by atoms with Crippen LogP contribution >= 0.6 is 0 Å². The average molecular weight is 204 g/mol. The van der Waals surface area contributed by atoms with E-state index in [1.54, 1.807) is 20.8 Å². The second-order valence-corrected chi connectivity index (χ2v) is 2.72. The Labute approximate surface area is 83.0 Å². The van der Waals surface area contributed by atoms with E-state index in [-0.39, 0.29) is 19.3 Å². The summed E-state index contributed by atoms with van der Waals surface area (Å²) in [6.45, 7) is 4.71. The molecule has 0 spiro atoms. The van der Waals surface area contributed by atoms with Crippen molar-refractivity contribution in [3.63, 3.8) is 0 Å². The van der Waals surface area contributed by atoms with E-state index in [0.717, 1.165) is 0 Å². The van der Waals surface area contributed by atoms with E-state index >= 15 is 0 Å². The maximum absolute atomic E-state index is 10.9. The van der Waals surface area contributed by atoms with E-state index < -0.39 is 17.9 Å². The number of ether oxygens (including phenoxy) is 2. The predicted molar refractivity (Wildman–Crippen MR) is 48.0 cm³/mol. The lowest BCUT2D eigenvalue weighted by Crippen LogP contribution is -2.39. The summed E-state index contributed by atoms with van der Waals surface area (Å²) in [6.07, 6.45) is 0.239. The molecule has 0 saturated carbocycles. The average Bonchev–Trinajstić information content (AvgIpc) is 2.17. The van der Waals surface area contributed by atoms with Gasteiger partial charge >= 0.3 is 17.9 Å². The fourth-order valence-corrected chi connectivity index (χ4v) is 0.665. The molecule has 0 aliphatic carbocycles. The number of rotatable bonds is 5. The molecule has 0 rings (SSSR count). The van der Waals surface area contributed by atoms with Gasteiger partial charge in [-0.3, -0.25) is 9.59 Å². The second kappa shape index (κ2) is 5.59. The Balaban J connectivity index is 4.31. The van der Waals surface area contributed by atoms with E-state index in [4.69, 9.17) is 0 Å². The molecule has 0 aliphatic heterocycles. The van der Waals surface area contributed by atoms with Crippen molar-refractivity contribution in [3.05, 3.63) is 0 Å².